The quantitative estimate of drug-likeness (QED) is 0.905. The van der Waals surface area contributed by atoms with Gasteiger partial charge in [0.15, 0.2) is 0 Å². The summed E-state index contributed by atoms with van der Waals surface area (Å²) < 4.78 is 0. The minimum atomic E-state index is -0.736. The number of carbonyl (C=O) groups is 1. The second kappa shape index (κ2) is 6.48. The van der Waals surface area contributed by atoms with Gasteiger partial charge in [0, 0.05) is 19.8 Å². The second-order valence-corrected chi connectivity index (χ2v) is 6.33. The number of hydrogen-bond acceptors (Lipinski definition) is 3. The van der Waals surface area contributed by atoms with Crippen molar-refractivity contribution < 1.29 is 9.90 Å². The van der Waals surface area contributed by atoms with E-state index in [4.69, 9.17) is 0 Å². The van der Waals surface area contributed by atoms with Gasteiger partial charge in [-0.15, -0.1) is 0 Å². The molecule has 1 heterocycles. The van der Waals surface area contributed by atoms with E-state index in [0.29, 0.717) is 0 Å². The topological polar surface area (TPSA) is 43.8 Å². The molecule has 2 rings (SSSR count). The molecule has 0 saturated carbocycles. The largest absolute Gasteiger partial charge is 0.481 e. The number of aliphatic carboxylic acids is 1. The third kappa shape index (κ3) is 3.56. The maximum absolute atomic E-state index is 11.4. The van der Waals surface area contributed by atoms with Crippen LogP contribution in [0.5, 0.6) is 0 Å². The highest BCUT2D eigenvalue weighted by Gasteiger charge is 2.36. The third-order valence-corrected chi connectivity index (χ3v) is 4.56. The van der Waals surface area contributed by atoms with E-state index < -0.39 is 11.5 Å². The van der Waals surface area contributed by atoms with Crippen molar-refractivity contribution in [3.8, 4) is 0 Å². The Kier molecular flexibility index (Phi) is 4.88. The molecular weight excluding hydrogens is 264 g/mol. The standard InChI is InChI=1S/C17H26N2O2/c1-17(13-16(20)21,19-11-5-4-6-12-19)14-7-9-15(10-8-14)18(2)3/h7-10H,4-6,11-13H2,1-3H3,(H,20,21). The molecule has 0 amide bonds. The number of nitrogens with zero attached hydrogens (tertiary/aromatic N) is 2. The molecular formula is C17H26N2O2. The molecule has 0 spiro atoms. The van der Waals surface area contributed by atoms with Gasteiger partial charge in [-0.25, -0.2) is 0 Å². The molecule has 1 aromatic carbocycles. The highest BCUT2D eigenvalue weighted by Crippen LogP contribution is 2.35. The zero-order valence-electron chi connectivity index (χ0n) is 13.3. The first-order chi connectivity index (χ1) is 9.93. The number of anilines is 1. The Morgan fingerprint density at radius 1 is 1.19 bits per heavy atom. The molecule has 0 radical (unpaired) electrons. The van der Waals surface area contributed by atoms with Crippen molar-refractivity contribution in [2.75, 3.05) is 32.1 Å². The van der Waals surface area contributed by atoms with Crippen LogP contribution >= 0.6 is 0 Å². The van der Waals surface area contributed by atoms with Crippen LogP contribution in [0, 0.1) is 0 Å². The third-order valence-electron chi connectivity index (χ3n) is 4.56. The summed E-state index contributed by atoms with van der Waals surface area (Å²) in [6.45, 7) is 4.04. The maximum atomic E-state index is 11.4. The van der Waals surface area contributed by atoms with Gasteiger partial charge in [-0.2, -0.15) is 0 Å². The molecule has 21 heavy (non-hydrogen) atoms. The summed E-state index contributed by atoms with van der Waals surface area (Å²) in [5.41, 5.74) is 1.81. The number of carboxylic acid groups (broad SMARTS) is 1. The lowest BCUT2D eigenvalue weighted by molar-refractivity contribution is -0.140. The average Bonchev–Trinajstić information content (AvgIpc) is 2.47. The van der Waals surface area contributed by atoms with Crippen molar-refractivity contribution in [2.24, 2.45) is 0 Å². The van der Waals surface area contributed by atoms with Crippen molar-refractivity contribution in [1.82, 2.24) is 4.90 Å². The fourth-order valence-electron chi connectivity index (χ4n) is 3.20. The first kappa shape index (κ1) is 15.8. The zero-order chi connectivity index (χ0) is 15.5. The van der Waals surface area contributed by atoms with Crippen LogP contribution < -0.4 is 4.90 Å². The van der Waals surface area contributed by atoms with E-state index in [1.807, 2.05) is 14.1 Å². The smallest absolute Gasteiger partial charge is 0.305 e. The predicted octanol–water partition coefficient (Wildman–Crippen LogP) is 2.93. The number of hydrogen-bond donors (Lipinski definition) is 1. The first-order valence-electron chi connectivity index (χ1n) is 7.68. The predicted molar refractivity (Wildman–Crippen MR) is 85.8 cm³/mol. The molecule has 1 aromatic rings. The summed E-state index contributed by atoms with van der Waals surface area (Å²) in [7, 11) is 4.02. The lowest BCUT2D eigenvalue weighted by Crippen LogP contribution is -2.47. The molecule has 0 aliphatic carbocycles. The van der Waals surface area contributed by atoms with Crippen molar-refractivity contribution in [3.05, 3.63) is 29.8 Å². The normalized spacial score (nSPS) is 19.0. The van der Waals surface area contributed by atoms with Crippen LogP contribution in [0.4, 0.5) is 5.69 Å². The van der Waals surface area contributed by atoms with Crippen LogP contribution in [0.3, 0.4) is 0 Å². The molecule has 1 fully saturated rings. The van der Waals surface area contributed by atoms with Crippen molar-refractivity contribution in [2.45, 2.75) is 38.1 Å². The zero-order valence-corrected chi connectivity index (χ0v) is 13.3. The van der Waals surface area contributed by atoms with Crippen molar-refractivity contribution in [1.29, 1.82) is 0 Å². The molecule has 1 unspecified atom stereocenters. The highest BCUT2D eigenvalue weighted by molar-refractivity contribution is 5.69. The molecule has 1 saturated heterocycles. The molecule has 1 aliphatic rings. The molecule has 1 N–H and O–H groups in total. The summed E-state index contributed by atoms with van der Waals surface area (Å²) in [6.07, 6.45) is 3.71. The van der Waals surface area contributed by atoms with E-state index in [1.165, 1.54) is 6.42 Å². The fraction of sp³-hybridized carbons (Fsp3) is 0.588. The second-order valence-electron chi connectivity index (χ2n) is 6.33. The SMILES string of the molecule is CN(C)c1ccc(C(C)(CC(=O)O)N2CCCCC2)cc1. The van der Waals surface area contributed by atoms with Crippen LogP contribution in [-0.4, -0.2) is 43.2 Å². The summed E-state index contributed by atoms with van der Waals surface area (Å²) >= 11 is 0. The van der Waals surface area contributed by atoms with Gasteiger partial charge in [-0.1, -0.05) is 18.6 Å². The molecule has 0 aromatic heterocycles. The Balaban J connectivity index is 2.31. The van der Waals surface area contributed by atoms with E-state index in [-0.39, 0.29) is 6.42 Å². The summed E-state index contributed by atoms with van der Waals surface area (Å²) in [6, 6.07) is 8.29. The van der Waals surface area contributed by atoms with Gasteiger partial charge >= 0.3 is 5.97 Å². The minimum absolute atomic E-state index is 0.147. The van der Waals surface area contributed by atoms with Gasteiger partial charge in [-0.3, -0.25) is 9.69 Å². The Hall–Kier alpha value is -1.55. The number of piperidine rings is 1. The lowest BCUT2D eigenvalue weighted by atomic mass is 9.85. The first-order valence-corrected chi connectivity index (χ1v) is 7.68. The van der Waals surface area contributed by atoms with Gasteiger partial charge in [0.05, 0.1) is 12.0 Å². The molecule has 4 heteroatoms. The molecule has 116 valence electrons. The molecule has 1 atom stereocenters. The monoisotopic (exact) mass is 290 g/mol. The Labute approximate surface area is 127 Å². The van der Waals surface area contributed by atoms with E-state index in [2.05, 4.69) is 41.0 Å². The Morgan fingerprint density at radius 2 is 1.76 bits per heavy atom. The van der Waals surface area contributed by atoms with Crippen LogP contribution in [0.1, 0.15) is 38.2 Å². The highest BCUT2D eigenvalue weighted by atomic mass is 16.4. The van der Waals surface area contributed by atoms with Crippen LogP contribution in [0.2, 0.25) is 0 Å². The van der Waals surface area contributed by atoms with Crippen molar-refractivity contribution >= 4 is 11.7 Å². The molecule has 0 bridgehead atoms. The Bertz CT molecular complexity index is 478. The van der Waals surface area contributed by atoms with Crippen LogP contribution in [0.25, 0.3) is 0 Å². The average molecular weight is 290 g/mol. The van der Waals surface area contributed by atoms with Crippen LogP contribution in [0.15, 0.2) is 24.3 Å². The lowest BCUT2D eigenvalue weighted by Gasteiger charge is -2.43. The number of benzene rings is 1. The van der Waals surface area contributed by atoms with Gasteiger partial charge in [0.25, 0.3) is 0 Å². The van der Waals surface area contributed by atoms with E-state index in [9.17, 15) is 9.90 Å². The van der Waals surface area contributed by atoms with Crippen LogP contribution in [-0.2, 0) is 10.3 Å². The van der Waals surface area contributed by atoms with Gasteiger partial charge in [0.1, 0.15) is 0 Å². The Morgan fingerprint density at radius 3 is 2.24 bits per heavy atom. The van der Waals surface area contributed by atoms with E-state index >= 15 is 0 Å². The summed E-state index contributed by atoms with van der Waals surface area (Å²) in [5.74, 6) is -0.736. The number of rotatable bonds is 5. The van der Waals surface area contributed by atoms with Gasteiger partial charge in [-0.05, 0) is 50.6 Å². The van der Waals surface area contributed by atoms with E-state index in [0.717, 1.165) is 37.2 Å². The maximum Gasteiger partial charge on any atom is 0.305 e. The summed E-state index contributed by atoms with van der Waals surface area (Å²) in [5, 5.41) is 9.35. The number of carboxylic acids is 1. The molecule has 1 aliphatic heterocycles. The number of likely N-dealkylation sites (tertiary alicyclic amines) is 1. The fourth-order valence-corrected chi connectivity index (χ4v) is 3.20. The van der Waals surface area contributed by atoms with E-state index in [1.54, 1.807) is 0 Å². The summed E-state index contributed by atoms with van der Waals surface area (Å²) in [4.78, 5) is 15.8. The molecule has 4 nitrogen and oxygen atoms in total. The minimum Gasteiger partial charge on any atom is -0.481 e. The van der Waals surface area contributed by atoms with Gasteiger partial charge in [0.2, 0.25) is 0 Å². The van der Waals surface area contributed by atoms with Gasteiger partial charge < -0.3 is 10.0 Å². The van der Waals surface area contributed by atoms with Crippen molar-refractivity contribution in [3.63, 3.8) is 0 Å².